The van der Waals surface area contributed by atoms with Crippen LogP contribution in [0.25, 0.3) is 0 Å². The summed E-state index contributed by atoms with van der Waals surface area (Å²) >= 11 is 0. The van der Waals surface area contributed by atoms with Crippen molar-refractivity contribution in [2.24, 2.45) is 17.4 Å². The van der Waals surface area contributed by atoms with Gasteiger partial charge < -0.3 is 26.8 Å². The number of aryl methyl sites for hydroxylation is 1. The number of fused-ring (bicyclic) bond motifs is 1. The van der Waals surface area contributed by atoms with Gasteiger partial charge in [0.2, 0.25) is 11.8 Å². The van der Waals surface area contributed by atoms with Gasteiger partial charge in [-0.25, -0.2) is 0 Å². The molecule has 0 aromatic heterocycles. The molecule has 0 aliphatic carbocycles. The zero-order valence-electron chi connectivity index (χ0n) is 14.0. The van der Waals surface area contributed by atoms with Crippen LogP contribution in [0.15, 0.2) is 23.5 Å². The molecule has 0 radical (unpaired) electrons. The SMILES string of the molecule is Cc1ccc(O)c(C)c1N1C(N)=C(C(N)=O)C2C(=O)NC(C)CC21. The molecule has 1 fully saturated rings. The summed E-state index contributed by atoms with van der Waals surface area (Å²) in [7, 11) is 0. The summed E-state index contributed by atoms with van der Waals surface area (Å²) in [6, 6.07) is 3.07. The average Bonchev–Trinajstić information content (AvgIpc) is 2.77. The molecule has 0 bridgehead atoms. The number of nitrogens with zero attached hydrogens (tertiary/aromatic N) is 1. The van der Waals surface area contributed by atoms with Gasteiger partial charge in [-0.3, -0.25) is 9.59 Å². The van der Waals surface area contributed by atoms with E-state index in [0.29, 0.717) is 12.0 Å². The number of benzene rings is 1. The fourth-order valence-electron chi connectivity index (χ4n) is 3.87. The topological polar surface area (TPSA) is 122 Å². The first kappa shape index (κ1) is 16.2. The van der Waals surface area contributed by atoms with Crippen LogP contribution < -0.4 is 21.7 Å². The number of rotatable bonds is 2. The van der Waals surface area contributed by atoms with Crippen molar-refractivity contribution in [2.45, 2.75) is 39.3 Å². The minimum atomic E-state index is -0.695. The summed E-state index contributed by atoms with van der Waals surface area (Å²) in [6.07, 6.45) is 0.627. The normalized spacial score (nSPS) is 26.4. The Kier molecular flexibility index (Phi) is 3.66. The Hall–Kier alpha value is -2.70. The number of piperidine rings is 1. The summed E-state index contributed by atoms with van der Waals surface area (Å²) in [5.74, 6) is -1.29. The van der Waals surface area contributed by atoms with Gasteiger partial charge in [-0.15, -0.1) is 0 Å². The molecule has 2 aliphatic heterocycles. The lowest BCUT2D eigenvalue weighted by atomic mass is 9.85. The van der Waals surface area contributed by atoms with Gasteiger partial charge in [-0.05, 0) is 38.8 Å². The van der Waals surface area contributed by atoms with Gasteiger partial charge in [-0.2, -0.15) is 0 Å². The molecule has 1 saturated heterocycles. The number of nitrogens with one attached hydrogen (secondary N) is 1. The highest BCUT2D eigenvalue weighted by Crippen LogP contribution is 2.43. The predicted molar refractivity (Wildman–Crippen MR) is 90.0 cm³/mol. The van der Waals surface area contributed by atoms with Crippen molar-refractivity contribution in [3.63, 3.8) is 0 Å². The van der Waals surface area contributed by atoms with E-state index in [0.717, 1.165) is 11.3 Å². The standard InChI is InChI=1S/C17H22N4O3/c1-7-4-5-11(22)9(3)14(7)21-10-6-8(2)20-17(24)12(10)13(15(21)18)16(19)23/h4-5,8,10,12,22H,6,18H2,1-3H3,(H2,19,23)(H,20,24). The van der Waals surface area contributed by atoms with Gasteiger partial charge in [0, 0.05) is 11.6 Å². The number of carbonyl (C=O) groups excluding carboxylic acids is 2. The molecule has 3 unspecified atom stereocenters. The first-order chi connectivity index (χ1) is 11.2. The molecule has 2 heterocycles. The molecule has 128 valence electrons. The average molecular weight is 330 g/mol. The largest absolute Gasteiger partial charge is 0.508 e. The van der Waals surface area contributed by atoms with E-state index in [2.05, 4.69) is 5.32 Å². The second-order valence-corrected chi connectivity index (χ2v) is 6.60. The zero-order chi connectivity index (χ0) is 17.8. The monoisotopic (exact) mass is 330 g/mol. The van der Waals surface area contributed by atoms with E-state index >= 15 is 0 Å². The number of anilines is 1. The Bertz CT molecular complexity index is 771. The van der Waals surface area contributed by atoms with Crippen LogP contribution in [-0.4, -0.2) is 29.0 Å². The van der Waals surface area contributed by atoms with Crippen LogP contribution in [0, 0.1) is 19.8 Å². The first-order valence-electron chi connectivity index (χ1n) is 7.92. The van der Waals surface area contributed by atoms with Crippen molar-refractivity contribution < 1.29 is 14.7 Å². The minimum absolute atomic E-state index is 0.0424. The fourth-order valence-corrected chi connectivity index (χ4v) is 3.87. The van der Waals surface area contributed by atoms with E-state index in [1.807, 2.05) is 13.8 Å². The number of phenolic OH excluding ortho intramolecular Hbond substituents is 1. The highest BCUT2D eigenvalue weighted by atomic mass is 16.3. The maximum absolute atomic E-state index is 12.5. The maximum Gasteiger partial charge on any atom is 0.249 e. The van der Waals surface area contributed by atoms with Crippen LogP contribution in [0.1, 0.15) is 24.5 Å². The number of carbonyl (C=O) groups is 2. The lowest BCUT2D eigenvalue weighted by Crippen LogP contribution is -2.53. The third kappa shape index (κ3) is 2.19. The van der Waals surface area contributed by atoms with Crippen LogP contribution in [0.4, 0.5) is 5.69 Å². The van der Waals surface area contributed by atoms with Gasteiger partial charge in [0.1, 0.15) is 11.6 Å². The number of phenols is 1. The van der Waals surface area contributed by atoms with Crippen LogP contribution in [0.3, 0.4) is 0 Å². The molecule has 2 amide bonds. The minimum Gasteiger partial charge on any atom is -0.508 e. The molecule has 1 aromatic rings. The molecule has 1 aromatic carbocycles. The molecule has 7 nitrogen and oxygen atoms in total. The van der Waals surface area contributed by atoms with E-state index < -0.39 is 11.8 Å². The lowest BCUT2D eigenvalue weighted by Gasteiger charge is -2.38. The second-order valence-electron chi connectivity index (χ2n) is 6.60. The van der Waals surface area contributed by atoms with E-state index in [1.165, 1.54) is 0 Å². The quantitative estimate of drug-likeness (QED) is 0.624. The third-order valence-corrected chi connectivity index (χ3v) is 4.94. The molecule has 7 heteroatoms. The van der Waals surface area contributed by atoms with Crippen LogP contribution in [0.5, 0.6) is 5.75 Å². The third-order valence-electron chi connectivity index (χ3n) is 4.94. The van der Waals surface area contributed by atoms with Crippen LogP contribution in [-0.2, 0) is 9.59 Å². The van der Waals surface area contributed by atoms with E-state index in [9.17, 15) is 14.7 Å². The van der Waals surface area contributed by atoms with Crippen LogP contribution >= 0.6 is 0 Å². The molecular formula is C17H22N4O3. The number of aromatic hydroxyl groups is 1. The Balaban J connectivity index is 2.22. The van der Waals surface area contributed by atoms with Crippen LogP contribution in [0.2, 0.25) is 0 Å². The summed E-state index contributed by atoms with van der Waals surface area (Å²) in [6.45, 7) is 5.60. The van der Waals surface area contributed by atoms with Gasteiger partial charge in [0.05, 0.1) is 23.2 Å². The Morgan fingerprint density at radius 3 is 2.67 bits per heavy atom. The van der Waals surface area contributed by atoms with E-state index in [4.69, 9.17) is 11.5 Å². The van der Waals surface area contributed by atoms with Crippen molar-refractivity contribution in [2.75, 3.05) is 4.90 Å². The summed E-state index contributed by atoms with van der Waals surface area (Å²) in [5.41, 5.74) is 14.2. The molecule has 6 N–H and O–H groups in total. The molecule has 3 atom stereocenters. The van der Waals surface area contributed by atoms with Gasteiger partial charge >= 0.3 is 0 Å². The molecule has 3 rings (SSSR count). The van der Waals surface area contributed by atoms with E-state index in [1.54, 1.807) is 24.0 Å². The molecular weight excluding hydrogens is 308 g/mol. The number of amides is 2. The van der Waals surface area contributed by atoms with Gasteiger partial charge in [0.25, 0.3) is 0 Å². The molecule has 0 saturated carbocycles. The summed E-state index contributed by atoms with van der Waals surface area (Å²) in [4.78, 5) is 26.2. The van der Waals surface area contributed by atoms with Crippen molar-refractivity contribution >= 4 is 17.5 Å². The number of primary amides is 1. The number of hydrogen-bond donors (Lipinski definition) is 4. The smallest absolute Gasteiger partial charge is 0.249 e. The van der Waals surface area contributed by atoms with Crippen molar-refractivity contribution in [3.8, 4) is 5.75 Å². The van der Waals surface area contributed by atoms with Crippen molar-refractivity contribution in [1.29, 1.82) is 0 Å². The molecule has 2 aliphatic rings. The van der Waals surface area contributed by atoms with Crippen molar-refractivity contribution in [3.05, 3.63) is 34.7 Å². The van der Waals surface area contributed by atoms with Gasteiger partial charge in [0.15, 0.2) is 0 Å². The Labute approximate surface area is 140 Å². The summed E-state index contributed by atoms with van der Waals surface area (Å²) < 4.78 is 0. The first-order valence-corrected chi connectivity index (χ1v) is 7.92. The molecule has 0 spiro atoms. The highest BCUT2D eigenvalue weighted by molar-refractivity contribution is 6.03. The predicted octanol–water partition coefficient (Wildman–Crippen LogP) is 0.378. The van der Waals surface area contributed by atoms with Gasteiger partial charge in [-0.1, -0.05) is 6.07 Å². The Morgan fingerprint density at radius 2 is 2.04 bits per heavy atom. The lowest BCUT2D eigenvalue weighted by molar-refractivity contribution is -0.128. The number of hydrogen-bond acceptors (Lipinski definition) is 5. The van der Waals surface area contributed by atoms with Crippen molar-refractivity contribution in [1.82, 2.24) is 5.32 Å². The zero-order valence-corrected chi connectivity index (χ0v) is 14.0. The summed E-state index contributed by atoms with van der Waals surface area (Å²) in [5, 5.41) is 12.9. The Morgan fingerprint density at radius 1 is 1.38 bits per heavy atom. The van der Waals surface area contributed by atoms with E-state index in [-0.39, 0.29) is 35.1 Å². The highest BCUT2D eigenvalue weighted by Gasteiger charge is 2.50. The second kappa shape index (κ2) is 5.43. The maximum atomic E-state index is 12.5. The molecule has 24 heavy (non-hydrogen) atoms. The number of nitrogens with two attached hydrogens (primary N) is 2. The fraction of sp³-hybridized carbons (Fsp3) is 0.412.